The zero-order chi connectivity index (χ0) is 21.1. The molecule has 1 unspecified atom stereocenters. The van der Waals surface area contributed by atoms with Crippen LogP contribution in [0, 0.1) is 11.3 Å². The standard InChI is InChI=1S/C22H29ClN4O3/c1-30-11-10-24-21(29)16-13-27(14-22(16)8-2-3-9-22)20(28)7-6-19-25-17-5-4-15(23)12-18(17)26-19/h4-5,12,16H,2-3,6-11,13-14H2,1H3,(H,24,29)(H,25,26). The Morgan fingerprint density at radius 3 is 2.93 bits per heavy atom. The quantitative estimate of drug-likeness (QED) is 0.658. The minimum atomic E-state index is -0.130. The molecule has 2 fully saturated rings. The number of aromatic amines is 1. The SMILES string of the molecule is COCCNC(=O)C1CN(C(=O)CCc2nc3ccc(Cl)cc3[nH]2)CC12CCCC2. The molecule has 2 amide bonds. The Bertz CT molecular complexity index is 922. The first-order valence-corrected chi connectivity index (χ1v) is 11.1. The van der Waals surface area contributed by atoms with E-state index < -0.39 is 0 Å². The van der Waals surface area contributed by atoms with Crippen molar-refractivity contribution in [3.8, 4) is 0 Å². The van der Waals surface area contributed by atoms with Gasteiger partial charge in [0, 0.05) is 50.0 Å². The maximum atomic E-state index is 13.0. The second kappa shape index (κ2) is 8.94. The van der Waals surface area contributed by atoms with Crippen LogP contribution in [0.15, 0.2) is 18.2 Å². The largest absolute Gasteiger partial charge is 0.383 e. The fourth-order valence-corrected chi connectivity index (χ4v) is 5.21. The van der Waals surface area contributed by atoms with Crippen molar-refractivity contribution >= 4 is 34.4 Å². The first-order valence-electron chi connectivity index (χ1n) is 10.7. The molecule has 1 saturated carbocycles. The third-order valence-electron chi connectivity index (χ3n) is 6.59. The molecule has 4 rings (SSSR count). The maximum Gasteiger partial charge on any atom is 0.225 e. The minimum absolute atomic E-state index is 0.0541. The Balaban J connectivity index is 1.39. The third-order valence-corrected chi connectivity index (χ3v) is 6.83. The summed E-state index contributed by atoms with van der Waals surface area (Å²) in [4.78, 5) is 35.5. The van der Waals surface area contributed by atoms with Crippen LogP contribution in [0.25, 0.3) is 11.0 Å². The fourth-order valence-electron chi connectivity index (χ4n) is 5.04. The lowest BCUT2D eigenvalue weighted by atomic mass is 9.76. The summed E-state index contributed by atoms with van der Waals surface area (Å²) in [6, 6.07) is 5.52. The van der Waals surface area contributed by atoms with E-state index in [2.05, 4.69) is 15.3 Å². The molecule has 1 saturated heterocycles. The lowest BCUT2D eigenvalue weighted by Gasteiger charge is -2.28. The smallest absolute Gasteiger partial charge is 0.225 e. The number of imidazole rings is 1. The van der Waals surface area contributed by atoms with Crippen molar-refractivity contribution in [1.82, 2.24) is 20.2 Å². The maximum absolute atomic E-state index is 13.0. The number of amides is 2. The van der Waals surface area contributed by atoms with Crippen molar-refractivity contribution in [3.05, 3.63) is 29.0 Å². The zero-order valence-corrected chi connectivity index (χ0v) is 18.1. The van der Waals surface area contributed by atoms with Gasteiger partial charge in [-0.25, -0.2) is 4.98 Å². The first-order chi connectivity index (χ1) is 14.5. The molecule has 2 aromatic rings. The van der Waals surface area contributed by atoms with Gasteiger partial charge in [0.25, 0.3) is 0 Å². The van der Waals surface area contributed by atoms with Gasteiger partial charge in [-0.05, 0) is 31.0 Å². The molecular weight excluding hydrogens is 404 g/mol. The van der Waals surface area contributed by atoms with Crippen LogP contribution in [0.2, 0.25) is 5.02 Å². The summed E-state index contributed by atoms with van der Waals surface area (Å²) in [7, 11) is 1.62. The molecule has 0 radical (unpaired) electrons. The molecule has 1 atom stereocenters. The number of aryl methyl sites for hydroxylation is 1. The molecule has 162 valence electrons. The Hall–Kier alpha value is -2.12. The zero-order valence-electron chi connectivity index (χ0n) is 17.4. The number of nitrogens with zero attached hydrogens (tertiary/aromatic N) is 2. The summed E-state index contributed by atoms with van der Waals surface area (Å²) in [5, 5.41) is 3.64. The normalized spacial score (nSPS) is 20.3. The van der Waals surface area contributed by atoms with E-state index in [1.165, 1.54) is 0 Å². The number of aromatic nitrogens is 2. The Morgan fingerprint density at radius 1 is 1.37 bits per heavy atom. The molecule has 2 N–H and O–H groups in total. The van der Waals surface area contributed by atoms with Gasteiger partial charge in [-0.15, -0.1) is 0 Å². The highest BCUT2D eigenvalue weighted by Gasteiger charge is 2.52. The number of fused-ring (bicyclic) bond motifs is 1. The van der Waals surface area contributed by atoms with Gasteiger partial charge in [-0.1, -0.05) is 24.4 Å². The molecule has 30 heavy (non-hydrogen) atoms. The van der Waals surface area contributed by atoms with Gasteiger partial charge in [0.2, 0.25) is 11.8 Å². The second-order valence-electron chi connectivity index (χ2n) is 8.53. The number of H-pyrrole nitrogens is 1. The summed E-state index contributed by atoms with van der Waals surface area (Å²) in [5.74, 6) is 0.795. The summed E-state index contributed by atoms with van der Waals surface area (Å²) < 4.78 is 5.04. The van der Waals surface area contributed by atoms with Crippen LogP contribution in [0.4, 0.5) is 0 Å². The lowest BCUT2D eigenvalue weighted by molar-refractivity contribution is -0.130. The van der Waals surface area contributed by atoms with E-state index in [-0.39, 0.29) is 23.1 Å². The molecule has 8 heteroatoms. The van der Waals surface area contributed by atoms with E-state index in [0.717, 1.165) is 42.5 Å². The van der Waals surface area contributed by atoms with Crippen molar-refractivity contribution in [1.29, 1.82) is 0 Å². The predicted molar refractivity (Wildman–Crippen MR) is 115 cm³/mol. The van der Waals surface area contributed by atoms with Gasteiger partial charge >= 0.3 is 0 Å². The average Bonchev–Trinajstić information content (AvgIpc) is 3.45. The minimum Gasteiger partial charge on any atom is -0.383 e. The van der Waals surface area contributed by atoms with Gasteiger partial charge in [-0.3, -0.25) is 9.59 Å². The molecule has 1 aromatic carbocycles. The highest BCUT2D eigenvalue weighted by Crippen LogP contribution is 2.49. The van der Waals surface area contributed by atoms with E-state index in [1.807, 2.05) is 23.1 Å². The van der Waals surface area contributed by atoms with Crippen molar-refractivity contribution in [2.45, 2.75) is 38.5 Å². The second-order valence-corrected chi connectivity index (χ2v) is 8.96. The number of methoxy groups -OCH3 is 1. The third kappa shape index (κ3) is 4.32. The number of rotatable bonds is 7. The van der Waals surface area contributed by atoms with Crippen LogP contribution in [-0.4, -0.2) is 60.0 Å². The fraction of sp³-hybridized carbons (Fsp3) is 0.591. The topological polar surface area (TPSA) is 87.3 Å². The molecule has 0 bridgehead atoms. The van der Waals surface area contributed by atoms with E-state index >= 15 is 0 Å². The van der Waals surface area contributed by atoms with Gasteiger partial charge in [-0.2, -0.15) is 0 Å². The van der Waals surface area contributed by atoms with E-state index in [4.69, 9.17) is 16.3 Å². The summed E-state index contributed by atoms with van der Waals surface area (Å²) >= 11 is 6.03. The highest BCUT2D eigenvalue weighted by atomic mass is 35.5. The highest BCUT2D eigenvalue weighted by molar-refractivity contribution is 6.31. The number of halogens is 1. The van der Waals surface area contributed by atoms with Crippen molar-refractivity contribution in [2.75, 3.05) is 33.4 Å². The van der Waals surface area contributed by atoms with Gasteiger partial charge in [0.15, 0.2) is 0 Å². The number of hydrogen-bond acceptors (Lipinski definition) is 4. The lowest BCUT2D eigenvalue weighted by Crippen LogP contribution is -2.41. The average molecular weight is 433 g/mol. The van der Waals surface area contributed by atoms with E-state index in [9.17, 15) is 9.59 Å². The van der Waals surface area contributed by atoms with Gasteiger partial charge < -0.3 is 19.9 Å². The molecule has 1 spiro atoms. The van der Waals surface area contributed by atoms with Crippen LogP contribution in [0.1, 0.15) is 37.9 Å². The van der Waals surface area contributed by atoms with Crippen LogP contribution in [0.5, 0.6) is 0 Å². The Morgan fingerprint density at radius 2 is 2.17 bits per heavy atom. The molecule has 1 aliphatic carbocycles. The Kier molecular flexibility index (Phi) is 6.29. The number of ether oxygens (including phenoxy) is 1. The summed E-state index contributed by atoms with van der Waals surface area (Å²) in [6.07, 6.45) is 5.21. The van der Waals surface area contributed by atoms with Crippen LogP contribution in [-0.2, 0) is 20.7 Å². The van der Waals surface area contributed by atoms with Crippen LogP contribution in [0.3, 0.4) is 0 Å². The molecule has 2 heterocycles. The van der Waals surface area contributed by atoms with Crippen LogP contribution >= 0.6 is 11.6 Å². The monoisotopic (exact) mass is 432 g/mol. The molecular formula is C22H29ClN4O3. The molecule has 7 nitrogen and oxygen atoms in total. The van der Waals surface area contributed by atoms with Gasteiger partial charge in [0.05, 0.1) is 23.6 Å². The molecule has 1 aromatic heterocycles. The van der Waals surface area contributed by atoms with Crippen molar-refractivity contribution in [2.24, 2.45) is 11.3 Å². The summed E-state index contributed by atoms with van der Waals surface area (Å²) in [5.41, 5.74) is 1.66. The number of hydrogen-bond donors (Lipinski definition) is 2. The van der Waals surface area contributed by atoms with Crippen LogP contribution < -0.4 is 5.32 Å². The first kappa shape index (κ1) is 21.1. The molecule has 1 aliphatic heterocycles. The predicted octanol–water partition coefficient (Wildman–Crippen LogP) is 2.93. The summed E-state index contributed by atoms with van der Waals surface area (Å²) in [6.45, 7) is 2.19. The molecule has 2 aliphatic rings. The van der Waals surface area contributed by atoms with E-state index in [1.54, 1.807) is 7.11 Å². The van der Waals surface area contributed by atoms with Crippen molar-refractivity contribution < 1.29 is 14.3 Å². The van der Waals surface area contributed by atoms with E-state index in [0.29, 0.717) is 44.1 Å². The number of likely N-dealkylation sites (tertiary alicyclic amines) is 1. The number of carbonyl (C=O) groups excluding carboxylic acids is 2. The Labute approximate surface area is 181 Å². The van der Waals surface area contributed by atoms with Crippen molar-refractivity contribution in [3.63, 3.8) is 0 Å². The number of benzene rings is 1. The number of nitrogens with one attached hydrogen (secondary N) is 2. The van der Waals surface area contributed by atoms with Gasteiger partial charge in [0.1, 0.15) is 5.82 Å². The number of carbonyl (C=O) groups is 2.